The molecule has 2 aromatic rings. The summed E-state index contributed by atoms with van der Waals surface area (Å²) in [6, 6.07) is 9.06. The highest BCUT2D eigenvalue weighted by Gasteiger charge is 2.23. The zero-order valence-corrected chi connectivity index (χ0v) is 17.4. The monoisotopic (exact) mass is 419 g/mol. The van der Waals surface area contributed by atoms with Gasteiger partial charge in [0.25, 0.3) is 11.5 Å². The van der Waals surface area contributed by atoms with Crippen molar-refractivity contribution in [3.63, 3.8) is 0 Å². The number of rotatable bonds is 8. The molecule has 0 spiro atoms. The maximum Gasteiger partial charge on any atom is 0.253 e. The largest absolute Gasteiger partial charge is 0.350 e. The van der Waals surface area contributed by atoms with E-state index in [1.165, 1.54) is 0 Å². The van der Waals surface area contributed by atoms with Crippen LogP contribution in [0.2, 0.25) is 0 Å². The second-order valence-electron chi connectivity index (χ2n) is 6.97. The van der Waals surface area contributed by atoms with Gasteiger partial charge in [0, 0.05) is 29.6 Å². The Kier molecular flexibility index (Phi) is 7.33. The van der Waals surface area contributed by atoms with Crippen molar-refractivity contribution in [3.05, 3.63) is 69.1 Å². The number of carbonyl (C=O) groups is 2. The number of amides is 2. The van der Waals surface area contributed by atoms with Gasteiger partial charge in [-0.1, -0.05) is 18.2 Å². The van der Waals surface area contributed by atoms with Crippen LogP contribution in [0.25, 0.3) is 0 Å². The van der Waals surface area contributed by atoms with Gasteiger partial charge >= 0.3 is 0 Å². The molecule has 1 heterocycles. The van der Waals surface area contributed by atoms with Gasteiger partial charge in [-0.2, -0.15) is 0 Å². The first-order valence-corrected chi connectivity index (χ1v) is 11.1. The molecule has 2 amide bonds. The van der Waals surface area contributed by atoms with E-state index in [9.17, 15) is 22.8 Å². The number of hydrogen-bond donors (Lipinski definition) is 3. The van der Waals surface area contributed by atoms with Gasteiger partial charge in [0.15, 0.2) is 0 Å². The molecule has 0 unspecified atom stereocenters. The summed E-state index contributed by atoms with van der Waals surface area (Å²) >= 11 is 0. The lowest BCUT2D eigenvalue weighted by molar-refractivity contribution is -0.123. The van der Waals surface area contributed by atoms with E-state index in [0.29, 0.717) is 16.8 Å². The van der Waals surface area contributed by atoms with Gasteiger partial charge in [0.05, 0.1) is 5.75 Å². The number of pyridine rings is 1. The number of hydrogen-bond acceptors (Lipinski definition) is 5. The Morgan fingerprint density at radius 1 is 1.14 bits per heavy atom. The van der Waals surface area contributed by atoms with Gasteiger partial charge in [-0.05, 0) is 44.0 Å². The van der Waals surface area contributed by atoms with Crippen molar-refractivity contribution in [1.29, 1.82) is 0 Å². The molecule has 1 atom stereocenters. The normalized spacial score (nSPS) is 12.2. The summed E-state index contributed by atoms with van der Waals surface area (Å²) in [6.45, 7) is 3.50. The van der Waals surface area contributed by atoms with Crippen LogP contribution in [-0.4, -0.2) is 43.3 Å². The number of benzene rings is 1. The highest BCUT2D eigenvalue weighted by atomic mass is 32.2. The zero-order valence-electron chi connectivity index (χ0n) is 16.6. The summed E-state index contributed by atoms with van der Waals surface area (Å²) in [5.74, 6) is -1.30. The van der Waals surface area contributed by atoms with E-state index in [-0.39, 0.29) is 24.3 Å². The highest BCUT2D eigenvalue weighted by molar-refractivity contribution is 7.90. The summed E-state index contributed by atoms with van der Waals surface area (Å²) in [5, 5.41) is 5.20. The van der Waals surface area contributed by atoms with Crippen molar-refractivity contribution in [2.24, 2.45) is 0 Å². The Hall–Kier alpha value is -2.94. The molecule has 29 heavy (non-hydrogen) atoms. The van der Waals surface area contributed by atoms with Gasteiger partial charge < -0.3 is 15.6 Å². The van der Waals surface area contributed by atoms with Crippen molar-refractivity contribution in [3.8, 4) is 0 Å². The first kappa shape index (κ1) is 22.4. The topological polar surface area (TPSA) is 125 Å². The van der Waals surface area contributed by atoms with Crippen LogP contribution in [0.5, 0.6) is 0 Å². The lowest BCUT2D eigenvalue weighted by atomic mass is 10.1. The first-order chi connectivity index (χ1) is 13.6. The molecule has 0 fully saturated rings. The Morgan fingerprint density at radius 2 is 1.79 bits per heavy atom. The third kappa shape index (κ3) is 6.86. The van der Waals surface area contributed by atoms with E-state index in [4.69, 9.17) is 0 Å². The molecule has 0 aliphatic heterocycles. The van der Waals surface area contributed by atoms with Crippen molar-refractivity contribution < 1.29 is 18.0 Å². The molecule has 0 radical (unpaired) electrons. The van der Waals surface area contributed by atoms with Crippen LogP contribution in [0, 0.1) is 13.8 Å². The maximum atomic E-state index is 12.7. The average Bonchev–Trinajstić information content (AvgIpc) is 2.63. The molecule has 3 N–H and O–H groups in total. The Morgan fingerprint density at radius 3 is 2.38 bits per heavy atom. The van der Waals surface area contributed by atoms with E-state index in [2.05, 4.69) is 15.6 Å². The second-order valence-corrected chi connectivity index (χ2v) is 9.23. The molecule has 1 aromatic heterocycles. The van der Waals surface area contributed by atoms with Crippen molar-refractivity contribution in [2.75, 3.05) is 12.0 Å². The number of aromatic nitrogens is 1. The molecule has 0 bridgehead atoms. The molecule has 0 saturated carbocycles. The predicted octanol–water partition coefficient (Wildman–Crippen LogP) is 0.841. The maximum absolute atomic E-state index is 12.7. The minimum absolute atomic E-state index is 0.0309. The number of H-pyrrole nitrogens is 1. The summed E-state index contributed by atoms with van der Waals surface area (Å²) in [7, 11) is -3.32. The van der Waals surface area contributed by atoms with Crippen molar-refractivity contribution in [1.82, 2.24) is 15.6 Å². The van der Waals surface area contributed by atoms with Crippen molar-refractivity contribution >= 4 is 21.7 Å². The molecule has 1 aromatic carbocycles. The summed E-state index contributed by atoms with van der Waals surface area (Å²) in [5.41, 5.74) is 1.90. The molecule has 9 heteroatoms. The lowest BCUT2D eigenvalue weighted by Crippen LogP contribution is -2.47. The lowest BCUT2D eigenvalue weighted by Gasteiger charge is -2.18. The minimum Gasteiger partial charge on any atom is -0.350 e. The SMILES string of the molecule is Cc1cc(C)c(CNC(=O)[C@H](CCS(C)(=O)=O)NC(=O)c2ccccc2)c(=O)[nH]1. The number of sulfone groups is 1. The highest BCUT2D eigenvalue weighted by Crippen LogP contribution is 2.05. The van der Waals surface area contributed by atoms with Crippen LogP contribution >= 0.6 is 0 Å². The van der Waals surface area contributed by atoms with Crippen LogP contribution in [0.4, 0.5) is 0 Å². The third-order valence-electron chi connectivity index (χ3n) is 4.37. The minimum atomic E-state index is -3.32. The Balaban J connectivity index is 2.13. The molecule has 0 aliphatic rings. The van der Waals surface area contributed by atoms with Gasteiger partial charge in [0.1, 0.15) is 15.9 Å². The number of carbonyl (C=O) groups excluding carboxylic acids is 2. The molecule has 0 aliphatic carbocycles. The van der Waals surface area contributed by atoms with E-state index < -0.39 is 27.7 Å². The summed E-state index contributed by atoms with van der Waals surface area (Å²) < 4.78 is 23.0. The van der Waals surface area contributed by atoms with E-state index in [1.807, 2.05) is 0 Å². The number of aromatic amines is 1. The zero-order chi connectivity index (χ0) is 21.6. The number of nitrogens with one attached hydrogen (secondary N) is 3. The Bertz CT molecular complexity index is 1050. The first-order valence-electron chi connectivity index (χ1n) is 9.07. The molecular formula is C20H25N3O5S. The van der Waals surface area contributed by atoms with Crippen molar-refractivity contribution in [2.45, 2.75) is 32.9 Å². The van der Waals surface area contributed by atoms with Crippen LogP contribution in [0.1, 0.15) is 33.6 Å². The molecule has 2 rings (SSSR count). The van der Waals surface area contributed by atoms with Gasteiger partial charge in [-0.25, -0.2) is 8.42 Å². The third-order valence-corrected chi connectivity index (χ3v) is 5.35. The van der Waals surface area contributed by atoms with Gasteiger partial charge in [-0.15, -0.1) is 0 Å². The van der Waals surface area contributed by atoms with Gasteiger partial charge in [-0.3, -0.25) is 14.4 Å². The molecule has 156 valence electrons. The standard InChI is InChI=1S/C20H25N3O5S/c1-13-11-14(2)22-19(25)16(13)12-21-20(26)17(9-10-29(3,27)28)23-18(24)15-7-5-4-6-8-15/h4-8,11,17H,9-10,12H2,1-3H3,(H,21,26)(H,22,25)(H,23,24)/t17-/m0/s1. The smallest absolute Gasteiger partial charge is 0.253 e. The Labute approximate surface area is 169 Å². The molecular weight excluding hydrogens is 394 g/mol. The fraction of sp³-hybridized carbons (Fsp3) is 0.350. The van der Waals surface area contributed by atoms with Crippen LogP contribution in [-0.2, 0) is 21.2 Å². The van der Waals surface area contributed by atoms with E-state index in [1.54, 1.807) is 50.2 Å². The fourth-order valence-electron chi connectivity index (χ4n) is 2.83. The summed E-state index contributed by atoms with van der Waals surface area (Å²) in [6.07, 6.45) is 0.989. The van der Waals surface area contributed by atoms with E-state index >= 15 is 0 Å². The quantitative estimate of drug-likeness (QED) is 0.585. The molecule has 0 saturated heterocycles. The number of aryl methyl sites for hydroxylation is 2. The molecule has 8 nitrogen and oxygen atoms in total. The fourth-order valence-corrected chi connectivity index (χ4v) is 3.50. The average molecular weight is 420 g/mol. The van der Waals surface area contributed by atoms with Crippen LogP contribution < -0.4 is 16.2 Å². The van der Waals surface area contributed by atoms with Crippen LogP contribution in [0.15, 0.2) is 41.2 Å². The summed E-state index contributed by atoms with van der Waals surface area (Å²) in [4.78, 5) is 39.8. The van der Waals surface area contributed by atoms with Crippen LogP contribution in [0.3, 0.4) is 0 Å². The van der Waals surface area contributed by atoms with E-state index in [0.717, 1.165) is 11.8 Å². The predicted molar refractivity (Wildman–Crippen MR) is 110 cm³/mol. The second kappa shape index (κ2) is 9.51. The van der Waals surface area contributed by atoms with Gasteiger partial charge in [0.2, 0.25) is 5.91 Å².